The molecule has 3 nitrogen and oxygen atoms in total. The van der Waals surface area contributed by atoms with Gasteiger partial charge in [-0.3, -0.25) is 0 Å². The van der Waals surface area contributed by atoms with E-state index in [4.69, 9.17) is 4.42 Å². The lowest BCUT2D eigenvalue weighted by atomic mass is 9.81. The summed E-state index contributed by atoms with van der Waals surface area (Å²) in [6.45, 7) is 4.75. The summed E-state index contributed by atoms with van der Waals surface area (Å²) in [4.78, 5) is 0. The Kier molecular flexibility index (Phi) is 5.70. The zero-order valence-corrected chi connectivity index (χ0v) is 31.0. The Hall–Kier alpha value is -7.10. The summed E-state index contributed by atoms with van der Waals surface area (Å²) in [5.41, 5.74) is 14.2. The minimum atomic E-state index is -0.173. The standard InChI is InChI=1S/C53H34N2O/c1-53(2)45-27-33-23-35(54-47-15-7-3-11-37(47)38-12-4-8-16-48(38)54)21-19-31(33)25-41(45)42-30-52-44(29-46(42)53)43-26-32-20-22-36(24-34(32)28-51(43)56-52)55-49-17-9-5-13-39(49)40-14-6-10-18-50(40)55/h3-30H,1-2H3. The summed E-state index contributed by atoms with van der Waals surface area (Å²) in [5, 5.41) is 12.3. The van der Waals surface area contributed by atoms with E-state index >= 15 is 0 Å². The molecular formula is C53H34N2O. The van der Waals surface area contributed by atoms with Crippen LogP contribution in [-0.4, -0.2) is 9.13 Å². The maximum absolute atomic E-state index is 6.75. The predicted molar refractivity (Wildman–Crippen MR) is 235 cm³/mol. The molecule has 12 aromatic rings. The third-order valence-corrected chi connectivity index (χ3v) is 12.8. The smallest absolute Gasteiger partial charge is 0.136 e. The molecule has 0 unspecified atom stereocenters. The lowest BCUT2D eigenvalue weighted by molar-refractivity contribution is 0.658. The normalized spacial score (nSPS) is 13.7. The molecule has 0 aliphatic heterocycles. The molecule has 0 radical (unpaired) electrons. The molecule has 3 aromatic heterocycles. The SMILES string of the molecule is CC1(C)c2cc3cc(-n4c5ccccc5c5ccccc54)ccc3cc2-c2cc3oc4cc5cc(-n6c7ccccc7c7ccccc76)ccc5cc4c3cc21. The van der Waals surface area contributed by atoms with Gasteiger partial charge in [-0.05, 0) is 129 Å². The fourth-order valence-corrected chi connectivity index (χ4v) is 10.1. The van der Waals surface area contributed by atoms with Crippen molar-refractivity contribution >= 4 is 87.1 Å². The van der Waals surface area contributed by atoms with Gasteiger partial charge in [-0.2, -0.15) is 0 Å². The van der Waals surface area contributed by atoms with Crippen molar-refractivity contribution in [2.45, 2.75) is 19.3 Å². The van der Waals surface area contributed by atoms with E-state index in [1.54, 1.807) is 0 Å². The van der Waals surface area contributed by atoms with Crippen LogP contribution in [0, 0.1) is 0 Å². The van der Waals surface area contributed by atoms with Crippen LogP contribution >= 0.6 is 0 Å². The van der Waals surface area contributed by atoms with Crippen LogP contribution in [0.15, 0.2) is 174 Å². The molecular weight excluding hydrogens is 681 g/mol. The van der Waals surface area contributed by atoms with Crippen LogP contribution in [0.4, 0.5) is 0 Å². The first kappa shape index (κ1) is 30.3. The molecule has 0 bridgehead atoms. The van der Waals surface area contributed by atoms with Crippen LogP contribution in [0.3, 0.4) is 0 Å². The van der Waals surface area contributed by atoms with Crippen molar-refractivity contribution in [3.05, 3.63) is 181 Å². The Bertz CT molecular complexity index is 3580. The van der Waals surface area contributed by atoms with E-state index in [0.29, 0.717) is 0 Å². The molecule has 13 rings (SSSR count). The molecule has 1 aliphatic rings. The van der Waals surface area contributed by atoms with Crippen molar-refractivity contribution in [2.75, 3.05) is 0 Å². The number of furan rings is 1. The monoisotopic (exact) mass is 714 g/mol. The van der Waals surface area contributed by atoms with E-state index in [-0.39, 0.29) is 5.41 Å². The van der Waals surface area contributed by atoms with Gasteiger partial charge in [-0.25, -0.2) is 0 Å². The van der Waals surface area contributed by atoms with E-state index in [2.05, 4.69) is 193 Å². The van der Waals surface area contributed by atoms with Gasteiger partial charge >= 0.3 is 0 Å². The highest BCUT2D eigenvalue weighted by molar-refractivity contribution is 6.14. The quantitative estimate of drug-likeness (QED) is 0.175. The van der Waals surface area contributed by atoms with Gasteiger partial charge in [0.15, 0.2) is 0 Å². The Morgan fingerprint density at radius 3 is 1.34 bits per heavy atom. The van der Waals surface area contributed by atoms with Gasteiger partial charge in [0, 0.05) is 49.1 Å². The highest BCUT2D eigenvalue weighted by atomic mass is 16.3. The van der Waals surface area contributed by atoms with E-state index in [1.807, 2.05) is 0 Å². The van der Waals surface area contributed by atoms with Crippen molar-refractivity contribution in [1.29, 1.82) is 0 Å². The van der Waals surface area contributed by atoms with Crippen LogP contribution < -0.4 is 0 Å². The van der Waals surface area contributed by atoms with Gasteiger partial charge < -0.3 is 13.6 Å². The number of hydrogen-bond donors (Lipinski definition) is 0. The average molecular weight is 715 g/mol. The second kappa shape index (κ2) is 10.6. The van der Waals surface area contributed by atoms with E-state index in [9.17, 15) is 0 Å². The first-order valence-corrected chi connectivity index (χ1v) is 19.5. The molecule has 1 aliphatic carbocycles. The topological polar surface area (TPSA) is 23.0 Å². The number of para-hydroxylation sites is 4. The minimum Gasteiger partial charge on any atom is -0.456 e. The Balaban J connectivity index is 0.950. The molecule has 0 atom stereocenters. The average Bonchev–Trinajstić information content (AvgIpc) is 3.93. The third kappa shape index (κ3) is 3.91. The second-order valence-electron chi connectivity index (χ2n) is 16.2. The Morgan fingerprint density at radius 2 is 0.786 bits per heavy atom. The van der Waals surface area contributed by atoms with Crippen LogP contribution in [0.25, 0.3) is 110 Å². The highest BCUT2D eigenvalue weighted by Crippen LogP contribution is 2.52. The van der Waals surface area contributed by atoms with Crippen LogP contribution in [-0.2, 0) is 5.41 Å². The van der Waals surface area contributed by atoms with Crippen LogP contribution in [0.1, 0.15) is 25.0 Å². The number of benzene rings is 9. The number of fused-ring (bicyclic) bond motifs is 14. The fraction of sp³-hybridized carbons (Fsp3) is 0.0566. The Morgan fingerprint density at radius 1 is 0.357 bits per heavy atom. The number of hydrogen-bond acceptors (Lipinski definition) is 1. The molecule has 0 spiro atoms. The lowest BCUT2D eigenvalue weighted by Gasteiger charge is -2.22. The van der Waals surface area contributed by atoms with Crippen molar-refractivity contribution in [3.63, 3.8) is 0 Å². The lowest BCUT2D eigenvalue weighted by Crippen LogP contribution is -2.14. The third-order valence-electron chi connectivity index (χ3n) is 12.8. The Labute approximate surface area is 322 Å². The predicted octanol–water partition coefficient (Wildman–Crippen LogP) is 14.4. The molecule has 0 saturated carbocycles. The van der Waals surface area contributed by atoms with Crippen molar-refractivity contribution < 1.29 is 4.42 Å². The number of nitrogens with zero attached hydrogens (tertiary/aromatic N) is 2. The first-order chi connectivity index (χ1) is 27.5. The second-order valence-corrected chi connectivity index (χ2v) is 16.2. The fourth-order valence-electron chi connectivity index (χ4n) is 10.1. The maximum atomic E-state index is 6.75. The number of aromatic nitrogens is 2. The van der Waals surface area contributed by atoms with Gasteiger partial charge in [0.1, 0.15) is 11.2 Å². The molecule has 3 heteroatoms. The highest BCUT2D eigenvalue weighted by Gasteiger charge is 2.36. The van der Waals surface area contributed by atoms with Crippen molar-refractivity contribution in [3.8, 4) is 22.5 Å². The van der Waals surface area contributed by atoms with Crippen molar-refractivity contribution in [2.24, 2.45) is 0 Å². The summed E-state index contributed by atoms with van der Waals surface area (Å²) < 4.78 is 11.5. The molecule has 0 saturated heterocycles. The molecule has 0 amide bonds. The molecule has 3 heterocycles. The first-order valence-electron chi connectivity index (χ1n) is 19.5. The number of rotatable bonds is 2. The molecule has 262 valence electrons. The summed E-state index contributed by atoms with van der Waals surface area (Å²) in [7, 11) is 0. The molecule has 0 fully saturated rings. The van der Waals surface area contributed by atoms with Crippen LogP contribution in [0.5, 0.6) is 0 Å². The zero-order valence-electron chi connectivity index (χ0n) is 31.0. The van der Waals surface area contributed by atoms with Gasteiger partial charge in [-0.15, -0.1) is 0 Å². The van der Waals surface area contributed by atoms with Gasteiger partial charge in [0.05, 0.1) is 22.1 Å². The van der Waals surface area contributed by atoms with E-state index < -0.39 is 0 Å². The van der Waals surface area contributed by atoms with Gasteiger partial charge in [0.25, 0.3) is 0 Å². The molecule has 0 N–H and O–H groups in total. The van der Waals surface area contributed by atoms with Gasteiger partial charge in [-0.1, -0.05) is 98.8 Å². The van der Waals surface area contributed by atoms with E-state index in [1.165, 1.54) is 98.5 Å². The summed E-state index contributed by atoms with van der Waals surface area (Å²) >= 11 is 0. The minimum absolute atomic E-state index is 0.173. The van der Waals surface area contributed by atoms with Gasteiger partial charge in [0.2, 0.25) is 0 Å². The van der Waals surface area contributed by atoms with E-state index in [0.717, 1.165) is 22.2 Å². The largest absolute Gasteiger partial charge is 0.456 e. The summed E-state index contributed by atoms with van der Waals surface area (Å²) in [6.07, 6.45) is 0. The summed E-state index contributed by atoms with van der Waals surface area (Å²) in [5.74, 6) is 0. The molecule has 9 aromatic carbocycles. The maximum Gasteiger partial charge on any atom is 0.136 e. The van der Waals surface area contributed by atoms with Crippen LogP contribution in [0.2, 0.25) is 0 Å². The molecule has 56 heavy (non-hydrogen) atoms. The summed E-state index contributed by atoms with van der Waals surface area (Å²) in [6, 6.07) is 62.7. The zero-order chi connectivity index (χ0) is 36.9. The van der Waals surface area contributed by atoms with Crippen molar-refractivity contribution in [1.82, 2.24) is 9.13 Å².